The number of hydrogen-bond acceptors (Lipinski definition) is 3. The highest BCUT2D eigenvalue weighted by Crippen LogP contribution is 2.26. The first-order valence-electron chi connectivity index (χ1n) is 9.82. The molecule has 1 amide bonds. The van der Waals surface area contributed by atoms with Crippen LogP contribution in [0.3, 0.4) is 0 Å². The van der Waals surface area contributed by atoms with Crippen LogP contribution in [-0.4, -0.2) is 38.3 Å². The average molecular weight is 401 g/mol. The van der Waals surface area contributed by atoms with Crippen LogP contribution < -0.4 is 5.32 Å². The molecule has 1 saturated heterocycles. The van der Waals surface area contributed by atoms with Gasteiger partial charge in [-0.1, -0.05) is 42.5 Å². The summed E-state index contributed by atoms with van der Waals surface area (Å²) in [6.45, 7) is 3.34. The number of nitrogens with zero attached hydrogens (tertiary/aromatic N) is 1. The Balaban J connectivity index is 1.50. The summed E-state index contributed by atoms with van der Waals surface area (Å²) in [4.78, 5) is 11.3. The Morgan fingerprint density at radius 2 is 1.61 bits per heavy atom. The molecule has 5 nitrogen and oxygen atoms in total. The van der Waals surface area contributed by atoms with Crippen LogP contribution in [0.1, 0.15) is 30.9 Å². The van der Waals surface area contributed by atoms with E-state index in [9.17, 15) is 13.2 Å². The monoisotopic (exact) mass is 400 g/mol. The Kier molecular flexibility index (Phi) is 6.86. The van der Waals surface area contributed by atoms with Crippen molar-refractivity contribution in [1.29, 1.82) is 0 Å². The molecule has 2 aromatic rings. The summed E-state index contributed by atoms with van der Waals surface area (Å²) in [7, 11) is -3.38. The molecule has 0 aliphatic carbocycles. The Morgan fingerprint density at radius 3 is 2.21 bits per heavy atom. The minimum atomic E-state index is -3.38. The third kappa shape index (κ3) is 5.42. The van der Waals surface area contributed by atoms with E-state index in [0.717, 1.165) is 25.7 Å². The van der Waals surface area contributed by atoms with Crippen molar-refractivity contribution in [2.45, 2.75) is 37.5 Å². The predicted octanol–water partition coefficient (Wildman–Crippen LogP) is 3.01. The van der Waals surface area contributed by atoms with Gasteiger partial charge in [0.25, 0.3) is 0 Å². The summed E-state index contributed by atoms with van der Waals surface area (Å²) < 4.78 is 27.1. The maximum Gasteiger partial charge on any atom is 0.243 e. The Hall–Kier alpha value is -2.18. The molecule has 1 aliphatic rings. The van der Waals surface area contributed by atoms with Gasteiger partial charge in [-0.2, -0.15) is 4.31 Å². The molecule has 6 heteroatoms. The zero-order valence-corrected chi connectivity index (χ0v) is 17.1. The van der Waals surface area contributed by atoms with Gasteiger partial charge in [0, 0.05) is 26.6 Å². The van der Waals surface area contributed by atoms with E-state index in [0.29, 0.717) is 30.4 Å². The van der Waals surface area contributed by atoms with Gasteiger partial charge in [0.2, 0.25) is 15.9 Å². The van der Waals surface area contributed by atoms with E-state index in [1.54, 1.807) is 28.6 Å². The van der Waals surface area contributed by atoms with Gasteiger partial charge in [-0.25, -0.2) is 8.42 Å². The van der Waals surface area contributed by atoms with Crippen molar-refractivity contribution in [2.24, 2.45) is 5.92 Å². The molecule has 150 valence electrons. The average Bonchev–Trinajstić information content (AvgIpc) is 2.70. The molecule has 0 atom stereocenters. The zero-order chi connectivity index (χ0) is 20.0. The van der Waals surface area contributed by atoms with Crippen molar-refractivity contribution in [2.75, 3.05) is 19.6 Å². The second-order valence-electron chi connectivity index (χ2n) is 7.41. The van der Waals surface area contributed by atoms with Crippen LogP contribution >= 0.6 is 0 Å². The Morgan fingerprint density at radius 1 is 1.00 bits per heavy atom. The zero-order valence-electron chi connectivity index (χ0n) is 16.3. The molecule has 0 radical (unpaired) electrons. The molecule has 0 aromatic heterocycles. The van der Waals surface area contributed by atoms with Gasteiger partial charge in [-0.3, -0.25) is 4.79 Å². The Bertz CT molecular complexity index is 872. The van der Waals surface area contributed by atoms with Crippen LogP contribution in [0.5, 0.6) is 0 Å². The maximum absolute atomic E-state index is 12.7. The van der Waals surface area contributed by atoms with Crippen molar-refractivity contribution in [1.82, 2.24) is 9.62 Å². The number of rotatable bonds is 7. The van der Waals surface area contributed by atoms with Gasteiger partial charge in [0.15, 0.2) is 0 Å². The molecule has 1 heterocycles. The minimum absolute atomic E-state index is 0.00255. The normalized spacial score (nSPS) is 16.0. The third-order valence-corrected chi connectivity index (χ3v) is 7.20. The van der Waals surface area contributed by atoms with Gasteiger partial charge >= 0.3 is 0 Å². The lowest BCUT2D eigenvalue weighted by Gasteiger charge is -2.31. The van der Waals surface area contributed by atoms with Crippen LogP contribution in [0.2, 0.25) is 0 Å². The van der Waals surface area contributed by atoms with E-state index in [-0.39, 0.29) is 5.91 Å². The number of hydrogen-bond donors (Lipinski definition) is 1. The van der Waals surface area contributed by atoms with Gasteiger partial charge < -0.3 is 5.32 Å². The lowest BCUT2D eigenvalue weighted by Crippen LogP contribution is -2.38. The smallest absolute Gasteiger partial charge is 0.243 e. The van der Waals surface area contributed by atoms with Crippen LogP contribution in [0.15, 0.2) is 59.5 Å². The first kappa shape index (κ1) is 20.6. The molecule has 0 unspecified atom stereocenters. The first-order valence-corrected chi connectivity index (χ1v) is 11.3. The summed E-state index contributed by atoms with van der Waals surface area (Å²) in [5.41, 5.74) is 2.49. The van der Waals surface area contributed by atoms with Crippen molar-refractivity contribution in [3.8, 4) is 0 Å². The molecule has 0 spiro atoms. The van der Waals surface area contributed by atoms with Gasteiger partial charge in [-0.15, -0.1) is 0 Å². The number of nitrogens with one attached hydrogen (secondary N) is 1. The quantitative estimate of drug-likeness (QED) is 0.777. The first-order chi connectivity index (χ1) is 13.4. The van der Waals surface area contributed by atoms with Gasteiger partial charge in [-0.05, 0) is 54.9 Å². The molecule has 28 heavy (non-hydrogen) atoms. The van der Waals surface area contributed by atoms with E-state index in [1.165, 1.54) is 18.1 Å². The van der Waals surface area contributed by atoms with Crippen molar-refractivity contribution >= 4 is 15.9 Å². The highest BCUT2D eigenvalue weighted by atomic mass is 32.2. The number of amides is 1. The molecule has 1 aliphatic heterocycles. The van der Waals surface area contributed by atoms with Gasteiger partial charge in [0.1, 0.15) is 0 Å². The molecule has 0 saturated carbocycles. The minimum Gasteiger partial charge on any atom is -0.356 e. The van der Waals surface area contributed by atoms with E-state index < -0.39 is 10.0 Å². The number of sulfonamides is 1. The molecule has 1 fully saturated rings. The number of carbonyl (C=O) groups excluding carboxylic acids is 1. The van der Waals surface area contributed by atoms with E-state index >= 15 is 0 Å². The summed E-state index contributed by atoms with van der Waals surface area (Å²) in [5.74, 6) is 0.504. The lowest BCUT2D eigenvalue weighted by atomic mass is 9.90. The summed E-state index contributed by atoms with van der Waals surface area (Å²) >= 11 is 0. The fourth-order valence-electron chi connectivity index (χ4n) is 3.65. The fourth-order valence-corrected chi connectivity index (χ4v) is 5.14. The molecular weight excluding hydrogens is 372 g/mol. The molecular formula is C22H28N2O3S. The third-order valence-electron chi connectivity index (χ3n) is 5.29. The second kappa shape index (κ2) is 9.34. The highest BCUT2D eigenvalue weighted by molar-refractivity contribution is 7.89. The predicted molar refractivity (Wildman–Crippen MR) is 110 cm³/mol. The number of carbonyl (C=O) groups is 1. The summed E-state index contributed by atoms with van der Waals surface area (Å²) in [5, 5.41) is 2.81. The van der Waals surface area contributed by atoms with Crippen LogP contribution in [0, 0.1) is 5.92 Å². The van der Waals surface area contributed by atoms with E-state index in [4.69, 9.17) is 0 Å². The summed E-state index contributed by atoms with van der Waals surface area (Å²) in [6.07, 6.45) is 3.58. The van der Waals surface area contributed by atoms with Crippen molar-refractivity contribution < 1.29 is 13.2 Å². The van der Waals surface area contributed by atoms with Crippen LogP contribution in [0.25, 0.3) is 0 Å². The Labute approximate surface area is 167 Å². The maximum atomic E-state index is 12.7. The number of benzene rings is 2. The molecule has 2 aromatic carbocycles. The lowest BCUT2D eigenvalue weighted by molar-refractivity contribution is -0.118. The SMILES string of the molecule is CC(=O)NCCc1ccc(CC2CCN(S(=O)(=O)c3ccccc3)CC2)cc1. The largest absolute Gasteiger partial charge is 0.356 e. The second-order valence-corrected chi connectivity index (χ2v) is 9.35. The fraction of sp³-hybridized carbons (Fsp3) is 0.409. The van der Waals surface area contributed by atoms with Crippen molar-refractivity contribution in [3.63, 3.8) is 0 Å². The highest BCUT2D eigenvalue weighted by Gasteiger charge is 2.29. The van der Waals surface area contributed by atoms with Crippen LogP contribution in [-0.2, 0) is 27.7 Å². The van der Waals surface area contributed by atoms with Gasteiger partial charge in [0.05, 0.1) is 4.90 Å². The molecule has 0 bridgehead atoms. The standard InChI is InChI=1S/C22H28N2O3S/c1-18(25)23-14-11-19-7-9-20(10-8-19)17-21-12-15-24(16-13-21)28(26,27)22-5-3-2-4-6-22/h2-10,21H,11-17H2,1H3,(H,23,25). The van der Waals surface area contributed by atoms with E-state index in [2.05, 4.69) is 29.6 Å². The molecule has 3 rings (SSSR count). The van der Waals surface area contributed by atoms with Crippen LogP contribution in [0.4, 0.5) is 0 Å². The molecule has 1 N–H and O–H groups in total. The van der Waals surface area contributed by atoms with Crippen molar-refractivity contribution in [3.05, 3.63) is 65.7 Å². The summed E-state index contributed by atoms with van der Waals surface area (Å²) in [6, 6.07) is 17.2. The number of piperidine rings is 1. The topological polar surface area (TPSA) is 66.5 Å². The van der Waals surface area contributed by atoms with E-state index in [1.807, 2.05) is 6.07 Å².